The molecule has 13 aromatic carbocycles. The van der Waals surface area contributed by atoms with Crippen LogP contribution in [0, 0.1) is 0 Å². The molecule has 1 aliphatic heterocycles. The molecule has 2 aliphatic rings. The summed E-state index contributed by atoms with van der Waals surface area (Å²) >= 11 is 0. The van der Waals surface area contributed by atoms with E-state index in [0.29, 0.717) is 0 Å². The minimum absolute atomic E-state index is 0.696. The van der Waals surface area contributed by atoms with E-state index in [0.717, 1.165) is 39.8 Å². The van der Waals surface area contributed by atoms with Gasteiger partial charge in [-0.3, -0.25) is 0 Å². The summed E-state index contributed by atoms with van der Waals surface area (Å²) in [5.41, 5.74) is 16.8. The van der Waals surface area contributed by atoms with Gasteiger partial charge in [0.25, 0.3) is 0 Å². The Morgan fingerprint density at radius 1 is 0.270 bits per heavy atom. The highest BCUT2D eigenvalue weighted by atomic mass is 15.2. The third-order valence-electron chi connectivity index (χ3n) is 15.7. The van der Waals surface area contributed by atoms with Crippen LogP contribution in [-0.4, -0.2) is 0 Å². The molecule has 0 radical (unpaired) electrons. The van der Waals surface area contributed by atoms with Gasteiger partial charge >= 0.3 is 0 Å². The first kappa shape index (κ1) is 42.0. The number of hydrogen-bond acceptors (Lipinski definition) is 3. The predicted molar refractivity (Wildman–Crippen MR) is 311 cm³/mol. The van der Waals surface area contributed by atoms with Crippen molar-refractivity contribution in [2.45, 2.75) is 5.41 Å². The maximum atomic E-state index is 2.53. The zero-order chi connectivity index (χ0) is 48.7. The maximum Gasteiger partial charge on any atom is 0.0755 e. The molecule has 1 spiro atoms. The van der Waals surface area contributed by atoms with Crippen molar-refractivity contribution in [2.75, 3.05) is 14.7 Å². The van der Waals surface area contributed by atoms with Gasteiger partial charge in [0.2, 0.25) is 0 Å². The van der Waals surface area contributed by atoms with E-state index in [-0.39, 0.29) is 0 Å². The number of fused-ring (bicyclic) bond motifs is 15. The van der Waals surface area contributed by atoms with Gasteiger partial charge < -0.3 is 14.7 Å². The first-order chi connectivity index (χ1) is 36.8. The first-order valence-electron chi connectivity index (χ1n) is 25.6. The summed E-state index contributed by atoms with van der Waals surface area (Å²) in [6.07, 6.45) is 0. The third kappa shape index (κ3) is 6.14. The summed E-state index contributed by atoms with van der Waals surface area (Å²) in [5.74, 6) is 0. The van der Waals surface area contributed by atoms with Crippen LogP contribution in [0.25, 0.3) is 54.2 Å². The van der Waals surface area contributed by atoms with Crippen LogP contribution in [0.15, 0.2) is 285 Å². The average Bonchev–Trinajstić information content (AvgIpc) is 3.77. The molecule has 15 rings (SSSR count). The number of rotatable bonds is 7. The van der Waals surface area contributed by atoms with Crippen molar-refractivity contribution >= 4 is 94.3 Å². The largest absolute Gasteiger partial charge is 0.310 e. The van der Waals surface area contributed by atoms with E-state index < -0.39 is 5.41 Å². The fourth-order valence-corrected chi connectivity index (χ4v) is 12.8. The molecule has 1 heterocycles. The zero-order valence-corrected chi connectivity index (χ0v) is 40.5. The maximum absolute atomic E-state index is 2.53. The van der Waals surface area contributed by atoms with Crippen LogP contribution >= 0.6 is 0 Å². The molecule has 0 aromatic heterocycles. The summed E-state index contributed by atoms with van der Waals surface area (Å²) in [4.78, 5) is 7.48. The van der Waals surface area contributed by atoms with Gasteiger partial charge in [-0.25, -0.2) is 0 Å². The fraction of sp³-hybridized carbons (Fsp3) is 0.0141. The van der Waals surface area contributed by atoms with Crippen LogP contribution in [0.4, 0.5) is 51.2 Å². The predicted octanol–water partition coefficient (Wildman–Crippen LogP) is 19.4. The topological polar surface area (TPSA) is 9.72 Å². The summed E-state index contributed by atoms with van der Waals surface area (Å²) in [5, 5.41) is 9.74. The number of benzene rings is 13. The van der Waals surface area contributed by atoms with Crippen molar-refractivity contribution < 1.29 is 0 Å². The summed E-state index contributed by atoms with van der Waals surface area (Å²) < 4.78 is 0. The van der Waals surface area contributed by atoms with Gasteiger partial charge in [0.15, 0.2) is 0 Å². The Kier molecular flexibility index (Phi) is 9.48. The number of nitrogens with zero attached hydrogens (tertiary/aromatic N) is 3. The fourth-order valence-electron chi connectivity index (χ4n) is 12.8. The Morgan fingerprint density at radius 2 is 0.716 bits per heavy atom. The molecule has 74 heavy (non-hydrogen) atoms. The van der Waals surface area contributed by atoms with Crippen molar-refractivity contribution in [2.24, 2.45) is 0 Å². The summed E-state index contributed by atoms with van der Waals surface area (Å²) in [6.45, 7) is 0. The molecule has 0 fully saturated rings. The molecule has 13 aromatic rings. The smallest absolute Gasteiger partial charge is 0.0755 e. The monoisotopic (exact) mass is 941 g/mol. The van der Waals surface area contributed by atoms with E-state index in [1.54, 1.807) is 0 Å². The second kappa shape index (κ2) is 16.7. The lowest BCUT2D eigenvalue weighted by Gasteiger charge is -2.45. The van der Waals surface area contributed by atoms with Crippen LogP contribution in [-0.2, 0) is 5.41 Å². The highest BCUT2D eigenvalue weighted by molar-refractivity contribution is 6.17. The quantitative estimate of drug-likeness (QED) is 0.147. The van der Waals surface area contributed by atoms with Gasteiger partial charge in [-0.2, -0.15) is 0 Å². The molecule has 0 atom stereocenters. The Bertz CT molecular complexity index is 4290. The van der Waals surface area contributed by atoms with Crippen LogP contribution in [0.3, 0.4) is 0 Å². The molecule has 3 nitrogen and oxygen atoms in total. The Morgan fingerprint density at radius 3 is 1.30 bits per heavy atom. The van der Waals surface area contributed by atoms with Crippen LogP contribution in [0.5, 0.6) is 0 Å². The van der Waals surface area contributed by atoms with E-state index in [1.807, 2.05) is 0 Å². The van der Waals surface area contributed by atoms with Crippen LogP contribution < -0.4 is 14.7 Å². The van der Waals surface area contributed by atoms with Gasteiger partial charge in [0.1, 0.15) is 0 Å². The summed E-state index contributed by atoms with van der Waals surface area (Å²) in [6, 6.07) is 106. The summed E-state index contributed by atoms with van der Waals surface area (Å²) in [7, 11) is 0. The van der Waals surface area contributed by atoms with Crippen molar-refractivity contribution in [3.8, 4) is 11.1 Å². The Hall–Kier alpha value is -9.70. The Balaban J connectivity index is 1.08. The lowest BCUT2D eigenvalue weighted by atomic mass is 9.64. The van der Waals surface area contributed by atoms with Crippen molar-refractivity contribution in [3.63, 3.8) is 0 Å². The third-order valence-corrected chi connectivity index (χ3v) is 15.7. The average molecular weight is 942 g/mol. The van der Waals surface area contributed by atoms with Crippen molar-refractivity contribution in [1.82, 2.24) is 0 Å². The van der Waals surface area contributed by atoms with Crippen LogP contribution in [0.1, 0.15) is 22.3 Å². The lowest BCUT2D eigenvalue weighted by molar-refractivity contribution is 0.752. The molecule has 0 amide bonds. The van der Waals surface area contributed by atoms with E-state index in [1.165, 1.54) is 87.8 Å². The standard InChI is InChI=1S/C71H47N3/c1-4-25-50(26-5-1)72(68-45-48-23-10-12-31-54(48)56-33-14-16-35-58(56)68)53-43-44-61-60(47-53)70-64(71(61)62-37-18-20-40-65(62)73(51-27-6-2-7-28-51)66-41-21-19-38-63(66)71)39-22-42-67(70)74(52-29-8-3-9-30-52)69-46-49-24-11-13-32-55(49)57-34-15-17-36-59(57)69/h1-47H. The SMILES string of the molecule is c1ccc(N2c3ccccc3C3(c4ccc(N(c5ccccc5)c5cc6ccccc6c6ccccc56)cc4-c4c(N(c5ccccc5)c5cc6ccccc6c6ccccc56)cccc43)c3ccccc32)cc1. The molecule has 346 valence electrons. The highest BCUT2D eigenvalue weighted by Crippen LogP contribution is 2.66. The molecular weight excluding hydrogens is 895 g/mol. The Labute approximate surface area is 430 Å². The van der Waals surface area contributed by atoms with Crippen molar-refractivity contribution in [3.05, 3.63) is 307 Å². The normalized spacial score (nSPS) is 12.9. The van der Waals surface area contributed by atoms with E-state index in [4.69, 9.17) is 0 Å². The molecule has 3 heteroatoms. The molecule has 0 bridgehead atoms. The first-order valence-corrected chi connectivity index (χ1v) is 25.6. The molecule has 0 saturated carbocycles. The van der Waals surface area contributed by atoms with E-state index in [2.05, 4.69) is 300 Å². The zero-order valence-electron chi connectivity index (χ0n) is 40.5. The lowest BCUT2D eigenvalue weighted by Crippen LogP contribution is -2.36. The molecule has 1 aliphatic carbocycles. The minimum Gasteiger partial charge on any atom is -0.310 e. The molecule has 0 unspecified atom stereocenters. The van der Waals surface area contributed by atoms with Gasteiger partial charge in [-0.1, -0.05) is 206 Å². The van der Waals surface area contributed by atoms with Gasteiger partial charge in [0.05, 0.1) is 33.9 Å². The highest BCUT2D eigenvalue weighted by Gasteiger charge is 2.53. The van der Waals surface area contributed by atoms with Crippen LogP contribution in [0.2, 0.25) is 0 Å². The number of anilines is 9. The van der Waals surface area contributed by atoms with Gasteiger partial charge in [0, 0.05) is 39.1 Å². The van der Waals surface area contributed by atoms with E-state index >= 15 is 0 Å². The van der Waals surface area contributed by atoms with Crippen molar-refractivity contribution in [1.29, 1.82) is 0 Å². The van der Waals surface area contributed by atoms with Gasteiger partial charge in [-0.05, 0) is 139 Å². The number of hydrogen-bond donors (Lipinski definition) is 0. The minimum atomic E-state index is -0.696. The second-order valence-corrected chi connectivity index (χ2v) is 19.6. The van der Waals surface area contributed by atoms with Gasteiger partial charge in [-0.15, -0.1) is 0 Å². The van der Waals surface area contributed by atoms with E-state index in [9.17, 15) is 0 Å². The molecule has 0 N–H and O–H groups in total. The number of para-hydroxylation sites is 5. The second-order valence-electron chi connectivity index (χ2n) is 19.6. The molecule has 0 saturated heterocycles. The molecular formula is C71H47N3.